The van der Waals surface area contributed by atoms with E-state index in [2.05, 4.69) is 69.8 Å². The molecule has 2 aromatic carbocycles. The minimum Gasteiger partial charge on any atom is -0.354 e. The van der Waals surface area contributed by atoms with Crippen molar-refractivity contribution >= 4 is 17.5 Å². The number of hydrogen-bond donors (Lipinski definition) is 1. The van der Waals surface area contributed by atoms with Gasteiger partial charge in [0.1, 0.15) is 5.82 Å². The van der Waals surface area contributed by atoms with E-state index >= 15 is 0 Å². The van der Waals surface area contributed by atoms with Gasteiger partial charge in [-0.2, -0.15) is 4.98 Å². The zero-order chi connectivity index (χ0) is 17.8. The van der Waals surface area contributed by atoms with Gasteiger partial charge in [0, 0.05) is 30.5 Å². The van der Waals surface area contributed by atoms with Crippen LogP contribution in [0.5, 0.6) is 0 Å². The number of aryl methyl sites for hydroxylation is 2. The fourth-order valence-corrected chi connectivity index (χ4v) is 3.50. The normalized spacial score (nSPS) is 13.3. The van der Waals surface area contributed by atoms with Crippen LogP contribution in [-0.2, 0) is 12.8 Å². The van der Waals surface area contributed by atoms with E-state index < -0.39 is 0 Å². The Morgan fingerprint density at radius 1 is 1.00 bits per heavy atom. The molecule has 0 aliphatic carbocycles. The predicted molar refractivity (Wildman–Crippen MR) is 107 cm³/mol. The van der Waals surface area contributed by atoms with E-state index in [1.54, 1.807) is 0 Å². The zero-order valence-electron chi connectivity index (χ0n) is 15.2. The summed E-state index contributed by atoms with van der Waals surface area (Å²) in [6.45, 7) is 3.85. The summed E-state index contributed by atoms with van der Waals surface area (Å²) in [4.78, 5) is 11.7. The van der Waals surface area contributed by atoms with Crippen molar-refractivity contribution in [3.63, 3.8) is 0 Å². The van der Waals surface area contributed by atoms with Crippen LogP contribution >= 0.6 is 0 Å². The third kappa shape index (κ3) is 3.69. The number of para-hydroxylation sites is 1. The summed E-state index contributed by atoms with van der Waals surface area (Å²) >= 11 is 0. The lowest BCUT2D eigenvalue weighted by molar-refractivity contribution is 0.758. The van der Waals surface area contributed by atoms with Crippen molar-refractivity contribution in [3.05, 3.63) is 77.5 Å². The van der Waals surface area contributed by atoms with Crippen molar-refractivity contribution in [1.82, 2.24) is 9.97 Å². The van der Waals surface area contributed by atoms with Gasteiger partial charge in [0.2, 0.25) is 5.95 Å². The fourth-order valence-electron chi connectivity index (χ4n) is 3.50. The number of aromatic nitrogens is 2. The molecular weight excluding hydrogens is 320 g/mol. The van der Waals surface area contributed by atoms with Gasteiger partial charge < -0.3 is 10.2 Å². The lowest BCUT2D eigenvalue weighted by Crippen LogP contribution is -2.26. The molecule has 1 aliphatic rings. The quantitative estimate of drug-likeness (QED) is 0.738. The summed E-state index contributed by atoms with van der Waals surface area (Å²) in [6, 6.07) is 21.2. The molecule has 4 rings (SSSR count). The summed E-state index contributed by atoms with van der Waals surface area (Å²) in [5, 5.41) is 3.39. The van der Waals surface area contributed by atoms with Crippen LogP contribution in [0.1, 0.15) is 23.2 Å². The molecular formula is C22H24N4. The van der Waals surface area contributed by atoms with Gasteiger partial charge in [-0.15, -0.1) is 0 Å². The average Bonchev–Trinajstić information content (AvgIpc) is 2.68. The van der Waals surface area contributed by atoms with Crippen molar-refractivity contribution in [2.45, 2.75) is 26.2 Å². The lowest BCUT2D eigenvalue weighted by Gasteiger charge is -2.30. The topological polar surface area (TPSA) is 41.1 Å². The second-order valence-corrected chi connectivity index (χ2v) is 6.74. The fraction of sp³-hybridized carbons (Fsp3) is 0.273. The first-order chi connectivity index (χ1) is 12.8. The molecule has 0 spiro atoms. The highest BCUT2D eigenvalue weighted by atomic mass is 15.2. The molecule has 1 aliphatic heterocycles. The Kier molecular flexibility index (Phi) is 4.82. The van der Waals surface area contributed by atoms with E-state index in [4.69, 9.17) is 4.98 Å². The second-order valence-electron chi connectivity index (χ2n) is 6.74. The third-order valence-corrected chi connectivity index (χ3v) is 4.77. The number of benzene rings is 2. The van der Waals surface area contributed by atoms with Gasteiger partial charge in [-0.25, -0.2) is 4.98 Å². The Labute approximate surface area is 154 Å². The molecule has 0 bridgehead atoms. The van der Waals surface area contributed by atoms with Crippen LogP contribution in [0.25, 0.3) is 0 Å². The maximum atomic E-state index is 4.79. The van der Waals surface area contributed by atoms with E-state index in [1.165, 1.54) is 16.8 Å². The number of nitrogens with zero attached hydrogens (tertiary/aromatic N) is 3. The number of fused-ring (bicyclic) bond motifs is 1. The highest BCUT2D eigenvalue weighted by molar-refractivity contribution is 5.66. The van der Waals surface area contributed by atoms with Gasteiger partial charge in [0.25, 0.3) is 0 Å². The molecule has 0 atom stereocenters. The van der Waals surface area contributed by atoms with Crippen molar-refractivity contribution in [2.24, 2.45) is 0 Å². The number of hydrogen-bond acceptors (Lipinski definition) is 4. The van der Waals surface area contributed by atoms with Gasteiger partial charge in [-0.1, -0.05) is 48.5 Å². The van der Waals surface area contributed by atoms with Crippen molar-refractivity contribution < 1.29 is 0 Å². The largest absolute Gasteiger partial charge is 0.354 e. The first-order valence-electron chi connectivity index (χ1n) is 9.28. The van der Waals surface area contributed by atoms with Gasteiger partial charge in [0.05, 0.1) is 0 Å². The van der Waals surface area contributed by atoms with Crippen LogP contribution in [0, 0.1) is 6.92 Å². The van der Waals surface area contributed by atoms with Crippen LogP contribution in [0.2, 0.25) is 0 Å². The molecule has 1 aromatic heterocycles. The predicted octanol–water partition coefficient (Wildman–Crippen LogP) is 4.52. The van der Waals surface area contributed by atoms with Gasteiger partial charge >= 0.3 is 0 Å². The van der Waals surface area contributed by atoms with Gasteiger partial charge in [-0.3, -0.25) is 0 Å². The van der Waals surface area contributed by atoms with Crippen LogP contribution in [0.4, 0.5) is 17.5 Å². The molecule has 0 saturated heterocycles. The summed E-state index contributed by atoms with van der Waals surface area (Å²) in [5.41, 5.74) is 4.97. The Bertz CT molecular complexity index is 876. The van der Waals surface area contributed by atoms with E-state index in [0.717, 1.165) is 43.9 Å². The lowest BCUT2D eigenvalue weighted by atomic mass is 10.0. The number of nitrogens with one attached hydrogen (secondary N) is 1. The molecule has 4 heteroatoms. The zero-order valence-corrected chi connectivity index (χ0v) is 15.2. The van der Waals surface area contributed by atoms with Crippen molar-refractivity contribution in [2.75, 3.05) is 23.3 Å². The van der Waals surface area contributed by atoms with E-state index in [1.807, 2.05) is 13.0 Å². The molecule has 1 N–H and O–H groups in total. The molecule has 4 nitrogen and oxygen atoms in total. The van der Waals surface area contributed by atoms with E-state index in [0.29, 0.717) is 5.95 Å². The average molecular weight is 344 g/mol. The third-order valence-electron chi connectivity index (χ3n) is 4.77. The minimum atomic E-state index is 0.707. The van der Waals surface area contributed by atoms with E-state index in [9.17, 15) is 0 Å². The molecule has 0 unspecified atom stereocenters. The summed E-state index contributed by atoms with van der Waals surface area (Å²) in [7, 11) is 0. The molecule has 0 saturated carbocycles. The Hall–Kier alpha value is -2.88. The molecule has 26 heavy (non-hydrogen) atoms. The summed E-state index contributed by atoms with van der Waals surface area (Å²) in [5.74, 6) is 1.69. The van der Waals surface area contributed by atoms with Crippen LogP contribution in [-0.4, -0.2) is 23.1 Å². The van der Waals surface area contributed by atoms with Crippen molar-refractivity contribution in [1.29, 1.82) is 0 Å². The molecule has 0 radical (unpaired) electrons. The van der Waals surface area contributed by atoms with E-state index in [-0.39, 0.29) is 0 Å². The minimum absolute atomic E-state index is 0.707. The smallest absolute Gasteiger partial charge is 0.224 e. The molecule has 2 heterocycles. The van der Waals surface area contributed by atoms with Crippen LogP contribution in [0.3, 0.4) is 0 Å². The summed E-state index contributed by atoms with van der Waals surface area (Å²) in [6.07, 6.45) is 3.25. The number of rotatable bonds is 5. The van der Waals surface area contributed by atoms with Crippen LogP contribution < -0.4 is 10.2 Å². The van der Waals surface area contributed by atoms with Crippen LogP contribution in [0.15, 0.2) is 60.7 Å². The highest BCUT2D eigenvalue weighted by Crippen LogP contribution is 2.32. The highest BCUT2D eigenvalue weighted by Gasteiger charge is 2.19. The second kappa shape index (κ2) is 7.56. The Balaban J connectivity index is 1.52. The molecule has 0 fully saturated rings. The first-order valence-corrected chi connectivity index (χ1v) is 9.28. The van der Waals surface area contributed by atoms with Crippen molar-refractivity contribution in [3.8, 4) is 0 Å². The summed E-state index contributed by atoms with van der Waals surface area (Å²) < 4.78 is 0. The maximum absolute atomic E-state index is 4.79. The standard InChI is InChI=1S/C22H24N4/c1-17-16-21(26-15-7-11-19-10-5-6-12-20(19)26)25-22(24-17)23-14-13-18-8-3-2-4-9-18/h2-6,8-10,12,16H,7,11,13-15H2,1H3,(H,23,24,25). The maximum Gasteiger partial charge on any atom is 0.224 e. The monoisotopic (exact) mass is 344 g/mol. The van der Waals surface area contributed by atoms with Gasteiger partial charge in [-0.05, 0) is 43.4 Å². The Morgan fingerprint density at radius 3 is 2.69 bits per heavy atom. The molecule has 132 valence electrons. The SMILES string of the molecule is Cc1cc(N2CCCc3ccccc32)nc(NCCc2ccccc2)n1. The molecule has 3 aromatic rings. The number of anilines is 3. The van der Waals surface area contributed by atoms with Gasteiger partial charge in [0.15, 0.2) is 0 Å². The molecule has 0 amide bonds. The Morgan fingerprint density at radius 2 is 1.81 bits per heavy atom. The first kappa shape index (κ1) is 16.6.